The maximum absolute atomic E-state index is 5.83. The first kappa shape index (κ1) is 17.1. The molecule has 1 aromatic rings. The largest absolute Gasteiger partial charge is 0.399 e. The van der Waals surface area contributed by atoms with E-state index in [1.165, 1.54) is 18.4 Å². The Balaban J connectivity index is 0.00000144. The molecule has 1 heterocycles. The molecule has 1 aliphatic heterocycles. The molecule has 1 aliphatic rings. The van der Waals surface area contributed by atoms with E-state index >= 15 is 0 Å². The van der Waals surface area contributed by atoms with Crippen molar-refractivity contribution >= 4 is 36.3 Å². The predicted octanol–water partition coefficient (Wildman–Crippen LogP) is 2.95. The van der Waals surface area contributed by atoms with E-state index in [0.29, 0.717) is 6.04 Å². The van der Waals surface area contributed by atoms with Crippen LogP contribution in [0.1, 0.15) is 31.2 Å². The molecule has 0 radical (unpaired) electrons. The Kier molecular flexibility index (Phi) is 7.80. The lowest BCUT2D eigenvalue weighted by molar-refractivity contribution is 0.587. The molecule has 0 aromatic heterocycles. The number of nitrogen functional groups attached to an aromatic ring is 1. The Morgan fingerprint density at radius 1 is 1.06 bits per heavy atom. The maximum Gasteiger partial charge on any atom is 0.0940 e. The molecule has 0 amide bonds. The van der Waals surface area contributed by atoms with Crippen LogP contribution in [0.4, 0.5) is 5.69 Å². The monoisotopic (exact) mass is 289 g/mol. The molecule has 1 aromatic carbocycles. The minimum atomic E-state index is 0. The molecular weight excluding hydrogens is 269 g/mol. The van der Waals surface area contributed by atoms with Gasteiger partial charge in [-0.1, -0.05) is 18.6 Å². The van der Waals surface area contributed by atoms with Gasteiger partial charge in [0, 0.05) is 12.1 Å². The highest BCUT2D eigenvalue weighted by molar-refractivity contribution is 5.85. The van der Waals surface area contributed by atoms with Crippen LogP contribution in [0, 0.1) is 0 Å². The molecule has 4 N–H and O–H groups in total. The van der Waals surface area contributed by atoms with Crippen LogP contribution in [0.15, 0.2) is 29.3 Å². The lowest BCUT2D eigenvalue weighted by Gasteiger charge is -2.10. The van der Waals surface area contributed by atoms with Gasteiger partial charge in [0.1, 0.15) is 0 Å². The van der Waals surface area contributed by atoms with Crippen LogP contribution in [0.2, 0.25) is 0 Å². The van der Waals surface area contributed by atoms with Gasteiger partial charge in [-0.05, 0) is 37.0 Å². The molecule has 0 saturated carbocycles. The van der Waals surface area contributed by atoms with Crippen LogP contribution in [0.3, 0.4) is 0 Å². The third-order valence-electron chi connectivity index (χ3n) is 3.02. The van der Waals surface area contributed by atoms with Crippen molar-refractivity contribution in [1.29, 1.82) is 0 Å². The van der Waals surface area contributed by atoms with Gasteiger partial charge in [-0.25, -0.2) is 0 Å². The highest BCUT2D eigenvalue weighted by Gasteiger charge is 2.12. The molecule has 0 fully saturated rings. The summed E-state index contributed by atoms with van der Waals surface area (Å²) in [6, 6.07) is 8.39. The third-order valence-corrected chi connectivity index (χ3v) is 3.02. The van der Waals surface area contributed by atoms with E-state index in [1.807, 2.05) is 12.1 Å². The second kappa shape index (κ2) is 8.22. The maximum atomic E-state index is 5.83. The van der Waals surface area contributed by atoms with Crippen LogP contribution < -0.4 is 11.5 Å². The zero-order chi connectivity index (χ0) is 11.4. The standard InChI is InChI=1S/C13H19N3.2ClH/c14-11-7-5-10(6-8-11)9-12-3-1-2-4-13(15)16-12;;/h5-8,12H,1-4,9,14H2,(H2,15,16);2*1H. The van der Waals surface area contributed by atoms with Crippen LogP contribution >= 0.6 is 24.8 Å². The number of rotatable bonds is 2. The number of anilines is 1. The molecular formula is C13H21Cl2N3. The summed E-state index contributed by atoms with van der Waals surface area (Å²) in [6.45, 7) is 0. The van der Waals surface area contributed by atoms with Gasteiger partial charge >= 0.3 is 0 Å². The van der Waals surface area contributed by atoms with Gasteiger partial charge in [0.25, 0.3) is 0 Å². The number of amidine groups is 1. The first-order chi connectivity index (χ1) is 7.74. The molecule has 0 spiro atoms. The van der Waals surface area contributed by atoms with Gasteiger partial charge in [-0.15, -0.1) is 24.8 Å². The van der Waals surface area contributed by atoms with Crippen molar-refractivity contribution in [3.8, 4) is 0 Å². The molecule has 2 rings (SSSR count). The van der Waals surface area contributed by atoms with Gasteiger partial charge in [0.05, 0.1) is 11.9 Å². The number of hydrogen-bond donors (Lipinski definition) is 2. The number of halogens is 2. The second-order valence-electron chi connectivity index (χ2n) is 4.47. The molecule has 5 heteroatoms. The van der Waals surface area contributed by atoms with E-state index in [1.54, 1.807) is 0 Å². The molecule has 102 valence electrons. The SMILES string of the molecule is Cl.Cl.NC1=NC(Cc2ccc(N)cc2)CCCC1. The molecule has 1 atom stereocenters. The quantitative estimate of drug-likeness (QED) is 0.822. The molecule has 0 bridgehead atoms. The molecule has 1 unspecified atom stereocenters. The predicted molar refractivity (Wildman–Crippen MR) is 82.9 cm³/mol. The Morgan fingerprint density at radius 2 is 1.72 bits per heavy atom. The highest BCUT2D eigenvalue weighted by atomic mass is 35.5. The summed E-state index contributed by atoms with van der Waals surface area (Å²) < 4.78 is 0. The minimum Gasteiger partial charge on any atom is -0.399 e. The highest BCUT2D eigenvalue weighted by Crippen LogP contribution is 2.17. The van der Waals surface area contributed by atoms with E-state index in [2.05, 4.69) is 17.1 Å². The third kappa shape index (κ3) is 5.15. The number of aliphatic imine (C=N–C) groups is 1. The summed E-state index contributed by atoms with van der Waals surface area (Å²) in [4.78, 5) is 4.56. The van der Waals surface area contributed by atoms with Gasteiger partial charge in [0.15, 0.2) is 0 Å². The van der Waals surface area contributed by atoms with Gasteiger partial charge in [0.2, 0.25) is 0 Å². The zero-order valence-electron chi connectivity index (χ0n) is 10.3. The van der Waals surface area contributed by atoms with E-state index in [4.69, 9.17) is 11.5 Å². The van der Waals surface area contributed by atoms with E-state index in [0.717, 1.165) is 30.8 Å². The molecule has 3 nitrogen and oxygen atoms in total. The summed E-state index contributed by atoms with van der Waals surface area (Å²) in [5, 5.41) is 0. The number of hydrogen-bond acceptors (Lipinski definition) is 3. The van der Waals surface area contributed by atoms with Crippen molar-refractivity contribution in [1.82, 2.24) is 0 Å². The summed E-state index contributed by atoms with van der Waals surface area (Å²) in [5.41, 5.74) is 13.6. The van der Waals surface area contributed by atoms with E-state index in [-0.39, 0.29) is 24.8 Å². The normalized spacial score (nSPS) is 18.9. The van der Waals surface area contributed by atoms with Gasteiger partial charge in [-0.3, -0.25) is 4.99 Å². The average molecular weight is 290 g/mol. The van der Waals surface area contributed by atoms with Crippen LogP contribution in [0.25, 0.3) is 0 Å². The minimum absolute atomic E-state index is 0. The summed E-state index contributed by atoms with van der Waals surface area (Å²) >= 11 is 0. The Labute approximate surface area is 121 Å². The van der Waals surface area contributed by atoms with Crippen molar-refractivity contribution in [3.05, 3.63) is 29.8 Å². The fourth-order valence-corrected chi connectivity index (χ4v) is 2.12. The number of nitrogens with two attached hydrogens (primary N) is 2. The Morgan fingerprint density at radius 3 is 2.39 bits per heavy atom. The van der Waals surface area contributed by atoms with E-state index < -0.39 is 0 Å². The smallest absolute Gasteiger partial charge is 0.0940 e. The fraction of sp³-hybridized carbons (Fsp3) is 0.462. The van der Waals surface area contributed by atoms with Gasteiger partial charge in [-0.2, -0.15) is 0 Å². The van der Waals surface area contributed by atoms with E-state index in [9.17, 15) is 0 Å². The van der Waals surface area contributed by atoms with Crippen LogP contribution in [-0.2, 0) is 6.42 Å². The van der Waals surface area contributed by atoms with Crippen molar-refractivity contribution in [2.45, 2.75) is 38.1 Å². The Hall–Kier alpha value is -0.930. The van der Waals surface area contributed by atoms with Crippen LogP contribution in [0.5, 0.6) is 0 Å². The summed E-state index contributed by atoms with van der Waals surface area (Å²) in [5.74, 6) is 0.818. The molecule has 18 heavy (non-hydrogen) atoms. The Bertz CT molecular complexity index is 376. The fourth-order valence-electron chi connectivity index (χ4n) is 2.12. The average Bonchev–Trinajstić information content (AvgIpc) is 2.46. The second-order valence-corrected chi connectivity index (χ2v) is 4.47. The van der Waals surface area contributed by atoms with Crippen molar-refractivity contribution < 1.29 is 0 Å². The van der Waals surface area contributed by atoms with Crippen molar-refractivity contribution in [3.63, 3.8) is 0 Å². The molecule has 0 aliphatic carbocycles. The van der Waals surface area contributed by atoms with Gasteiger partial charge < -0.3 is 11.5 Å². The lowest BCUT2D eigenvalue weighted by atomic mass is 10.0. The van der Waals surface area contributed by atoms with Crippen molar-refractivity contribution in [2.75, 3.05) is 5.73 Å². The van der Waals surface area contributed by atoms with Crippen LogP contribution in [-0.4, -0.2) is 11.9 Å². The topological polar surface area (TPSA) is 64.4 Å². The lowest BCUT2D eigenvalue weighted by Crippen LogP contribution is -2.15. The number of nitrogens with zero attached hydrogens (tertiary/aromatic N) is 1. The summed E-state index contributed by atoms with van der Waals surface area (Å²) in [7, 11) is 0. The molecule has 0 saturated heterocycles. The summed E-state index contributed by atoms with van der Waals surface area (Å²) in [6.07, 6.45) is 5.47. The first-order valence-electron chi connectivity index (χ1n) is 5.90. The zero-order valence-corrected chi connectivity index (χ0v) is 12.0. The number of benzene rings is 1. The first-order valence-corrected chi connectivity index (χ1v) is 5.90. The van der Waals surface area contributed by atoms with Crippen molar-refractivity contribution in [2.24, 2.45) is 10.7 Å².